The topological polar surface area (TPSA) is 87.7 Å². The molecule has 0 fully saturated rings. The third-order valence-corrected chi connectivity index (χ3v) is 6.32. The number of nitrogens with one attached hydrogen (secondary N) is 2. The molecular weight excluding hydrogens is 440 g/mol. The first-order chi connectivity index (χ1) is 17.0. The van der Waals surface area contributed by atoms with Crippen molar-refractivity contribution in [3.63, 3.8) is 0 Å². The van der Waals surface area contributed by atoms with Gasteiger partial charge in [-0.3, -0.25) is 4.79 Å². The molecule has 2 amide bonds. The Morgan fingerprint density at radius 1 is 0.914 bits per heavy atom. The van der Waals surface area contributed by atoms with Gasteiger partial charge in [0.05, 0.1) is 0 Å². The molecule has 182 valence electrons. The molecule has 3 N–H and O–H groups in total. The fourth-order valence-electron chi connectivity index (χ4n) is 4.69. The number of benzene rings is 3. The molecule has 4 rings (SSSR count). The molecule has 35 heavy (non-hydrogen) atoms. The van der Waals surface area contributed by atoms with Crippen LogP contribution in [0.1, 0.15) is 42.9 Å². The van der Waals surface area contributed by atoms with E-state index < -0.39 is 12.1 Å². The normalized spacial score (nSPS) is 13.1. The van der Waals surface area contributed by atoms with E-state index >= 15 is 0 Å². The zero-order valence-corrected chi connectivity index (χ0v) is 20.2. The number of aliphatic hydroxyl groups excluding tert-OH is 1. The molecule has 1 aliphatic carbocycles. The van der Waals surface area contributed by atoms with Crippen LogP contribution in [0.25, 0.3) is 11.1 Å². The number of para-hydroxylation sites is 1. The van der Waals surface area contributed by atoms with Gasteiger partial charge in [0.1, 0.15) is 12.6 Å². The fourth-order valence-corrected chi connectivity index (χ4v) is 4.69. The monoisotopic (exact) mass is 472 g/mol. The number of amides is 2. The standard InChI is InChI=1S/C29H32N2O4/c1-19(2)17-27(28(33)30-26-14-8-3-9-20(26)15-16-32)31-29(34)35-18-25-23-12-6-4-10-21(23)22-11-5-7-13-24(22)25/h3-14,19,25,27,32H,15-18H2,1-2H3,(H,30,33)(H,31,34)/t27-/m0/s1. The summed E-state index contributed by atoms with van der Waals surface area (Å²) in [7, 11) is 0. The van der Waals surface area contributed by atoms with E-state index in [2.05, 4.69) is 34.9 Å². The maximum atomic E-state index is 13.1. The Bertz CT molecular complexity index is 1150. The van der Waals surface area contributed by atoms with Crippen molar-refractivity contribution in [2.75, 3.05) is 18.5 Å². The van der Waals surface area contributed by atoms with Gasteiger partial charge in [0.25, 0.3) is 0 Å². The largest absolute Gasteiger partial charge is 0.449 e. The van der Waals surface area contributed by atoms with Crippen molar-refractivity contribution in [2.24, 2.45) is 5.92 Å². The lowest BCUT2D eigenvalue weighted by Gasteiger charge is -2.22. The molecular formula is C29H32N2O4. The van der Waals surface area contributed by atoms with Crippen LogP contribution in [-0.4, -0.2) is 36.4 Å². The van der Waals surface area contributed by atoms with Crippen molar-refractivity contribution in [1.29, 1.82) is 0 Å². The predicted octanol–water partition coefficient (Wildman–Crippen LogP) is 5.11. The van der Waals surface area contributed by atoms with E-state index in [1.807, 2.05) is 56.3 Å². The van der Waals surface area contributed by atoms with Crippen molar-refractivity contribution < 1.29 is 19.4 Å². The number of hydrogen-bond donors (Lipinski definition) is 3. The maximum Gasteiger partial charge on any atom is 0.407 e. The summed E-state index contributed by atoms with van der Waals surface area (Å²) < 4.78 is 5.65. The summed E-state index contributed by atoms with van der Waals surface area (Å²) in [4.78, 5) is 25.9. The maximum absolute atomic E-state index is 13.1. The highest BCUT2D eigenvalue weighted by molar-refractivity contribution is 5.97. The van der Waals surface area contributed by atoms with Crippen molar-refractivity contribution >= 4 is 17.7 Å². The van der Waals surface area contributed by atoms with Crippen LogP contribution in [-0.2, 0) is 16.0 Å². The molecule has 0 aliphatic heterocycles. The van der Waals surface area contributed by atoms with Gasteiger partial charge in [0.15, 0.2) is 0 Å². The van der Waals surface area contributed by atoms with Crippen molar-refractivity contribution in [2.45, 2.75) is 38.6 Å². The predicted molar refractivity (Wildman–Crippen MR) is 137 cm³/mol. The molecule has 0 saturated heterocycles. The van der Waals surface area contributed by atoms with Gasteiger partial charge in [0.2, 0.25) is 5.91 Å². The van der Waals surface area contributed by atoms with Crippen molar-refractivity contribution in [3.8, 4) is 11.1 Å². The van der Waals surface area contributed by atoms with E-state index in [0.717, 1.165) is 27.8 Å². The van der Waals surface area contributed by atoms with E-state index in [1.54, 1.807) is 6.07 Å². The second kappa shape index (κ2) is 11.2. The Morgan fingerprint density at radius 3 is 2.14 bits per heavy atom. The van der Waals surface area contributed by atoms with Gasteiger partial charge in [0, 0.05) is 18.2 Å². The molecule has 0 heterocycles. The summed E-state index contributed by atoms with van der Waals surface area (Å²) in [6.45, 7) is 4.17. The first-order valence-electron chi connectivity index (χ1n) is 12.1. The average molecular weight is 473 g/mol. The second-order valence-corrected chi connectivity index (χ2v) is 9.27. The summed E-state index contributed by atoms with van der Waals surface area (Å²) in [5, 5.41) is 15.0. The third-order valence-electron chi connectivity index (χ3n) is 6.32. The smallest absolute Gasteiger partial charge is 0.407 e. The zero-order chi connectivity index (χ0) is 24.8. The second-order valence-electron chi connectivity index (χ2n) is 9.27. The summed E-state index contributed by atoms with van der Waals surface area (Å²) in [6.07, 6.45) is 0.292. The van der Waals surface area contributed by atoms with E-state index in [4.69, 9.17) is 4.74 Å². The number of carbonyl (C=O) groups is 2. The number of ether oxygens (including phenoxy) is 1. The molecule has 0 saturated carbocycles. The Morgan fingerprint density at radius 2 is 1.51 bits per heavy atom. The van der Waals surface area contributed by atoms with Crippen LogP contribution in [0.15, 0.2) is 72.8 Å². The number of hydrogen-bond acceptors (Lipinski definition) is 4. The molecule has 0 radical (unpaired) electrons. The van der Waals surface area contributed by atoms with Gasteiger partial charge in [-0.2, -0.15) is 0 Å². The summed E-state index contributed by atoms with van der Waals surface area (Å²) in [6, 6.07) is 22.9. The van der Waals surface area contributed by atoms with Crippen LogP contribution in [0.2, 0.25) is 0 Å². The van der Waals surface area contributed by atoms with Gasteiger partial charge in [-0.15, -0.1) is 0 Å². The number of aliphatic hydroxyl groups is 1. The minimum absolute atomic E-state index is 0.0136. The summed E-state index contributed by atoms with van der Waals surface area (Å²) in [5.74, 6) is -0.166. The number of alkyl carbamates (subject to hydrolysis) is 1. The van der Waals surface area contributed by atoms with Crippen LogP contribution in [0, 0.1) is 5.92 Å². The molecule has 0 spiro atoms. The highest BCUT2D eigenvalue weighted by Gasteiger charge is 2.30. The van der Waals surface area contributed by atoms with Crippen LogP contribution < -0.4 is 10.6 Å². The highest BCUT2D eigenvalue weighted by Crippen LogP contribution is 2.44. The molecule has 3 aromatic carbocycles. The number of rotatable bonds is 9. The molecule has 6 heteroatoms. The van der Waals surface area contributed by atoms with E-state index in [1.165, 1.54) is 0 Å². The zero-order valence-electron chi connectivity index (χ0n) is 20.2. The quantitative estimate of drug-likeness (QED) is 0.404. The minimum Gasteiger partial charge on any atom is -0.449 e. The van der Waals surface area contributed by atoms with Gasteiger partial charge in [-0.05, 0) is 52.6 Å². The Balaban J connectivity index is 1.43. The van der Waals surface area contributed by atoms with Gasteiger partial charge in [-0.1, -0.05) is 80.6 Å². The summed E-state index contributed by atoms with van der Waals surface area (Å²) in [5.41, 5.74) is 6.07. The van der Waals surface area contributed by atoms with Gasteiger partial charge in [-0.25, -0.2) is 4.79 Å². The average Bonchev–Trinajstić information content (AvgIpc) is 3.17. The van der Waals surface area contributed by atoms with E-state index in [9.17, 15) is 14.7 Å². The fraction of sp³-hybridized carbons (Fsp3) is 0.310. The summed E-state index contributed by atoms with van der Waals surface area (Å²) >= 11 is 0. The number of anilines is 1. The van der Waals surface area contributed by atoms with Crippen LogP contribution >= 0.6 is 0 Å². The van der Waals surface area contributed by atoms with Gasteiger partial charge < -0.3 is 20.5 Å². The van der Waals surface area contributed by atoms with Crippen molar-refractivity contribution in [1.82, 2.24) is 5.32 Å². The molecule has 3 aromatic rings. The van der Waals surface area contributed by atoms with Crippen molar-refractivity contribution in [3.05, 3.63) is 89.5 Å². The Hall–Kier alpha value is -3.64. The van der Waals surface area contributed by atoms with Crippen LogP contribution in [0.3, 0.4) is 0 Å². The van der Waals surface area contributed by atoms with Gasteiger partial charge >= 0.3 is 6.09 Å². The highest BCUT2D eigenvalue weighted by atomic mass is 16.5. The molecule has 0 unspecified atom stereocenters. The molecule has 6 nitrogen and oxygen atoms in total. The molecule has 1 aliphatic rings. The lowest BCUT2D eigenvalue weighted by molar-refractivity contribution is -0.118. The number of carbonyl (C=O) groups excluding carboxylic acids is 2. The Kier molecular flexibility index (Phi) is 7.83. The lowest BCUT2D eigenvalue weighted by Crippen LogP contribution is -2.45. The lowest BCUT2D eigenvalue weighted by atomic mass is 9.98. The Labute approximate surface area is 206 Å². The van der Waals surface area contributed by atoms with E-state index in [-0.39, 0.29) is 31.0 Å². The van der Waals surface area contributed by atoms with Crippen LogP contribution in [0.5, 0.6) is 0 Å². The first-order valence-corrected chi connectivity index (χ1v) is 12.1. The van der Waals surface area contributed by atoms with Crippen LogP contribution in [0.4, 0.5) is 10.5 Å². The third kappa shape index (κ3) is 5.72. The minimum atomic E-state index is -0.743. The SMILES string of the molecule is CC(C)C[C@H](NC(=O)OCC1c2ccccc2-c2ccccc21)C(=O)Nc1ccccc1CCO. The molecule has 0 bridgehead atoms. The number of fused-ring (bicyclic) bond motifs is 3. The first kappa shape index (κ1) is 24.5. The van der Waals surface area contributed by atoms with E-state index in [0.29, 0.717) is 18.5 Å². The molecule has 1 atom stereocenters. The molecule has 0 aromatic heterocycles.